The first-order chi connectivity index (χ1) is 11.0. The van der Waals surface area contributed by atoms with E-state index in [1.165, 1.54) is 12.0 Å². The van der Waals surface area contributed by atoms with Gasteiger partial charge in [0.1, 0.15) is 18.0 Å². The van der Waals surface area contributed by atoms with E-state index >= 15 is 0 Å². The van der Waals surface area contributed by atoms with Crippen LogP contribution in [-0.2, 0) is 20.7 Å². The highest BCUT2D eigenvalue weighted by Gasteiger charge is 2.17. The molecule has 0 radical (unpaired) electrons. The number of aryl methyl sites for hydroxylation is 1. The van der Waals surface area contributed by atoms with Gasteiger partial charge in [0.25, 0.3) is 0 Å². The van der Waals surface area contributed by atoms with E-state index in [1.807, 2.05) is 6.07 Å². The molecule has 1 amide bonds. The number of aliphatic carboxylic acids is 1. The molecule has 0 aliphatic heterocycles. The lowest BCUT2D eigenvalue weighted by atomic mass is 10.1. The predicted molar refractivity (Wildman–Crippen MR) is 84.0 cm³/mol. The van der Waals surface area contributed by atoms with E-state index in [-0.39, 0.29) is 25.4 Å². The molecule has 0 spiro atoms. The fraction of sp³-hybridized carbons (Fsp3) is 0.500. The second kappa shape index (κ2) is 9.68. The molecule has 7 heteroatoms. The molecule has 1 N–H and O–H groups in total. The molecule has 0 atom stereocenters. The smallest absolute Gasteiger partial charge is 0.323 e. The molecule has 128 valence electrons. The Hall–Kier alpha value is -2.28. The summed E-state index contributed by atoms with van der Waals surface area (Å²) in [5.74, 6) is 0.0537. The van der Waals surface area contributed by atoms with E-state index in [0.29, 0.717) is 24.5 Å². The van der Waals surface area contributed by atoms with E-state index in [1.54, 1.807) is 26.4 Å². The Morgan fingerprint density at radius 3 is 2.48 bits per heavy atom. The highest BCUT2D eigenvalue weighted by molar-refractivity contribution is 5.81. The monoisotopic (exact) mass is 325 g/mol. The molecule has 0 aliphatic rings. The minimum absolute atomic E-state index is 0.181. The average Bonchev–Trinajstić information content (AvgIpc) is 2.55. The lowest BCUT2D eigenvalue weighted by Gasteiger charge is -2.20. The highest BCUT2D eigenvalue weighted by atomic mass is 16.5. The molecule has 1 rings (SSSR count). The van der Waals surface area contributed by atoms with Crippen LogP contribution in [-0.4, -0.2) is 62.9 Å². The number of carboxylic acids is 1. The quantitative estimate of drug-likeness (QED) is 0.696. The molecule has 0 heterocycles. The van der Waals surface area contributed by atoms with Crippen LogP contribution < -0.4 is 9.47 Å². The maximum atomic E-state index is 12.2. The molecule has 0 saturated heterocycles. The number of hydrogen-bond donors (Lipinski definition) is 1. The van der Waals surface area contributed by atoms with E-state index in [4.69, 9.17) is 19.3 Å². The van der Waals surface area contributed by atoms with Crippen molar-refractivity contribution in [3.63, 3.8) is 0 Å². The van der Waals surface area contributed by atoms with E-state index < -0.39 is 5.97 Å². The van der Waals surface area contributed by atoms with Crippen LogP contribution in [0.25, 0.3) is 0 Å². The van der Waals surface area contributed by atoms with Gasteiger partial charge in [0.05, 0.1) is 20.8 Å². The summed E-state index contributed by atoms with van der Waals surface area (Å²) in [5.41, 5.74) is 0.835. The van der Waals surface area contributed by atoms with Crippen molar-refractivity contribution in [2.24, 2.45) is 0 Å². The third kappa shape index (κ3) is 6.15. The Kier molecular flexibility index (Phi) is 7.90. The Balaban J connectivity index is 2.73. The first-order valence-corrected chi connectivity index (χ1v) is 7.21. The number of carboxylic acid groups (broad SMARTS) is 1. The van der Waals surface area contributed by atoms with Crippen molar-refractivity contribution in [3.8, 4) is 11.5 Å². The Morgan fingerprint density at radius 1 is 1.17 bits per heavy atom. The van der Waals surface area contributed by atoms with Crippen LogP contribution in [0.1, 0.15) is 12.0 Å². The van der Waals surface area contributed by atoms with Gasteiger partial charge in [-0.1, -0.05) is 0 Å². The SMILES string of the molecule is COCCN(CC(=O)O)C(=O)CCc1cc(OC)ccc1OC. The second-order valence-corrected chi connectivity index (χ2v) is 4.88. The number of nitrogens with zero attached hydrogens (tertiary/aromatic N) is 1. The van der Waals surface area contributed by atoms with Gasteiger partial charge < -0.3 is 24.2 Å². The standard InChI is InChI=1S/C16H23NO6/c1-21-9-8-17(11-16(19)20)15(18)7-4-12-10-13(22-2)5-6-14(12)23-3/h5-6,10H,4,7-9,11H2,1-3H3,(H,19,20). The van der Waals surface area contributed by atoms with Crippen LogP contribution >= 0.6 is 0 Å². The van der Waals surface area contributed by atoms with E-state index in [9.17, 15) is 9.59 Å². The lowest BCUT2D eigenvalue weighted by molar-refractivity contribution is -0.144. The van der Waals surface area contributed by atoms with Crippen LogP contribution in [0.5, 0.6) is 11.5 Å². The molecule has 0 aromatic heterocycles. The van der Waals surface area contributed by atoms with Gasteiger partial charge in [-0.25, -0.2) is 0 Å². The van der Waals surface area contributed by atoms with E-state index in [2.05, 4.69) is 0 Å². The van der Waals surface area contributed by atoms with Crippen LogP contribution in [0.3, 0.4) is 0 Å². The third-order valence-electron chi connectivity index (χ3n) is 3.34. The topological polar surface area (TPSA) is 85.3 Å². The second-order valence-electron chi connectivity index (χ2n) is 4.88. The summed E-state index contributed by atoms with van der Waals surface area (Å²) in [4.78, 5) is 24.4. The van der Waals surface area contributed by atoms with Crippen LogP contribution in [0.15, 0.2) is 18.2 Å². The van der Waals surface area contributed by atoms with Gasteiger partial charge in [-0.2, -0.15) is 0 Å². The third-order valence-corrected chi connectivity index (χ3v) is 3.34. The normalized spacial score (nSPS) is 10.2. The minimum Gasteiger partial charge on any atom is -0.497 e. The largest absolute Gasteiger partial charge is 0.497 e. The van der Waals surface area contributed by atoms with Gasteiger partial charge >= 0.3 is 5.97 Å². The van der Waals surface area contributed by atoms with Crippen LogP contribution in [0.2, 0.25) is 0 Å². The van der Waals surface area contributed by atoms with Crippen molar-refractivity contribution >= 4 is 11.9 Å². The summed E-state index contributed by atoms with van der Waals surface area (Å²) in [7, 11) is 4.63. The first kappa shape index (κ1) is 18.8. The zero-order chi connectivity index (χ0) is 17.2. The molecule has 0 bridgehead atoms. The summed E-state index contributed by atoms with van der Waals surface area (Å²) in [6, 6.07) is 5.36. The zero-order valence-corrected chi connectivity index (χ0v) is 13.7. The van der Waals surface area contributed by atoms with Crippen LogP contribution in [0, 0.1) is 0 Å². The van der Waals surface area contributed by atoms with Gasteiger partial charge in [0.2, 0.25) is 5.91 Å². The van der Waals surface area contributed by atoms with Crippen molar-refractivity contribution in [1.82, 2.24) is 4.90 Å². The summed E-state index contributed by atoms with van der Waals surface area (Å²) in [6.07, 6.45) is 0.614. The molecule has 1 aromatic carbocycles. The highest BCUT2D eigenvalue weighted by Crippen LogP contribution is 2.25. The van der Waals surface area contributed by atoms with Crippen LogP contribution in [0.4, 0.5) is 0 Å². The van der Waals surface area contributed by atoms with Gasteiger partial charge in [0.15, 0.2) is 0 Å². The van der Waals surface area contributed by atoms with Gasteiger partial charge in [-0.15, -0.1) is 0 Å². The summed E-state index contributed by atoms with van der Waals surface area (Å²) in [6.45, 7) is 0.204. The lowest BCUT2D eigenvalue weighted by Crippen LogP contribution is -2.38. The number of carbonyl (C=O) groups is 2. The Morgan fingerprint density at radius 2 is 1.91 bits per heavy atom. The summed E-state index contributed by atoms with van der Waals surface area (Å²) < 4.78 is 15.4. The number of benzene rings is 1. The van der Waals surface area contributed by atoms with Gasteiger partial charge in [-0.3, -0.25) is 9.59 Å². The van der Waals surface area contributed by atoms with Crippen molar-refractivity contribution in [2.45, 2.75) is 12.8 Å². The number of carbonyl (C=O) groups excluding carboxylic acids is 1. The first-order valence-electron chi connectivity index (χ1n) is 7.21. The zero-order valence-electron chi connectivity index (χ0n) is 13.7. The number of ether oxygens (including phenoxy) is 3. The Bertz CT molecular complexity index is 531. The van der Waals surface area contributed by atoms with Crippen molar-refractivity contribution in [3.05, 3.63) is 23.8 Å². The van der Waals surface area contributed by atoms with Crippen molar-refractivity contribution < 1.29 is 28.9 Å². The van der Waals surface area contributed by atoms with Gasteiger partial charge in [0, 0.05) is 20.1 Å². The average molecular weight is 325 g/mol. The molecule has 0 aliphatic carbocycles. The number of hydrogen-bond acceptors (Lipinski definition) is 5. The molecule has 23 heavy (non-hydrogen) atoms. The molecular formula is C16H23NO6. The van der Waals surface area contributed by atoms with Gasteiger partial charge in [-0.05, 0) is 30.2 Å². The molecule has 0 unspecified atom stereocenters. The molecule has 1 aromatic rings. The number of methoxy groups -OCH3 is 3. The molecule has 0 fully saturated rings. The molecule has 7 nitrogen and oxygen atoms in total. The molecule has 0 saturated carbocycles. The Labute approximate surface area is 135 Å². The summed E-state index contributed by atoms with van der Waals surface area (Å²) >= 11 is 0. The number of rotatable bonds is 10. The fourth-order valence-corrected chi connectivity index (χ4v) is 2.13. The van der Waals surface area contributed by atoms with Crippen molar-refractivity contribution in [1.29, 1.82) is 0 Å². The van der Waals surface area contributed by atoms with Crippen molar-refractivity contribution in [2.75, 3.05) is 41.0 Å². The predicted octanol–water partition coefficient (Wildman–Crippen LogP) is 1.20. The number of amides is 1. The fourth-order valence-electron chi connectivity index (χ4n) is 2.13. The summed E-state index contributed by atoms with van der Waals surface area (Å²) in [5, 5.41) is 8.90. The maximum absolute atomic E-state index is 12.2. The maximum Gasteiger partial charge on any atom is 0.323 e. The molecular weight excluding hydrogens is 302 g/mol. The van der Waals surface area contributed by atoms with E-state index in [0.717, 1.165) is 5.56 Å². The minimum atomic E-state index is -1.05.